The summed E-state index contributed by atoms with van der Waals surface area (Å²) < 4.78 is 11.6. The molecule has 1 aromatic carbocycles. The van der Waals surface area contributed by atoms with Crippen molar-refractivity contribution < 1.29 is 8.94 Å². The maximum absolute atomic E-state index is 5.61. The van der Waals surface area contributed by atoms with Crippen molar-refractivity contribution in [3.63, 3.8) is 0 Å². The molecule has 0 radical (unpaired) electrons. The molecule has 0 aliphatic carbocycles. The Kier molecular flexibility index (Phi) is 2.00. The standard InChI is InChI=1S/C11H7BrN2O2/c12-7-1-2-8-6(3-7)4-9(15-8)10-5-11(13)14-16-10/h1-5H,(H2,13,14). The number of furan rings is 1. The Hall–Kier alpha value is -1.75. The highest BCUT2D eigenvalue weighted by molar-refractivity contribution is 9.10. The molecule has 2 N–H and O–H groups in total. The first-order chi connectivity index (χ1) is 7.72. The number of nitrogens with zero attached hydrogens (tertiary/aromatic N) is 1. The molecule has 0 spiro atoms. The van der Waals surface area contributed by atoms with Crippen LogP contribution in [0.5, 0.6) is 0 Å². The highest BCUT2D eigenvalue weighted by Crippen LogP contribution is 2.30. The highest BCUT2D eigenvalue weighted by atomic mass is 79.9. The molecule has 2 heterocycles. The molecule has 3 aromatic rings. The summed E-state index contributed by atoms with van der Waals surface area (Å²) in [5, 5.41) is 4.61. The second-order valence-corrected chi connectivity index (χ2v) is 4.32. The third kappa shape index (κ3) is 1.49. The monoisotopic (exact) mass is 278 g/mol. The molecule has 0 bridgehead atoms. The predicted molar refractivity (Wildman–Crippen MR) is 63.8 cm³/mol. The van der Waals surface area contributed by atoms with Gasteiger partial charge in [0.05, 0.1) is 0 Å². The fraction of sp³-hybridized carbons (Fsp3) is 0. The second kappa shape index (κ2) is 3.38. The van der Waals surface area contributed by atoms with Gasteiger partial charge in [0.2, 0.25) is 5.76 Å². The Bertz CT molecular complexity index is 657. The van der Waals surface area contributed by atoms with Crippen molar-refractivity contribution in [1.29, 1.82) is 0 Å². The van der Waals surface area contributed by atoms with Gasteiger partial charge in [0.25, 0.3) is 0 Å². The zero-order valence-corrected chi connectivity index (χ0v) is 9.69. The van der Waals surface area contributed by atoms with Gasteiger partial charge in [0.1, 0.15) is 5.58 Å². The van der Waals surface area contributed by atoms with E-state index in [0.717, 1.165) is 15.4 Å². The summed E-state index contributed by atoms with van der Waals surface area (Å²) >= 11 is 3.40. The first-order valence-corrected chi connectivity index (χ1v) is 5.43. The number of aromatic nitrogens is 1. The van der Waals surface area contributed by atoms with Crippen molar-refractivity contribution in [3.05, 3.63) is 34.8 Å². The minimum Gasteiger partial charge on any atom is -0.453 e. The third-order valence-electron chi connectivity index (χ3n) is 2.25. The van der Waals surface area contributed by atoms with E-state index in [1.165, 1.54) is 0 Å². The number of halogens is 1. The lowest BCUT2D eigenvalue weighted by Gasteiger charge is -1.88. The summed E-state index contributed by atoms with van der Waals surface area (Å²) in [6.07, 6.45) is 0. The van der Waals surface area contributed by atoms with Crippen molar-refractivity contribution in [2.24, 2.45) is 0 Å². The number of hydrogen-bond acceptors (Lipinski definition) is 4. The fourth-order valence-electron chi connectivity index (χ4n) is 1.54. The van der Waals surface area contributed by atoms with Crippen LogP contribution in [0.25, 0.3) is 22.5 Å². The van der Waals surface area contributed by atoms with E-state index in [9.17, 15) is 0 Å². The van der Waals surface area contributed by atoms with Gasteiger partial charge in [0.15, 0.2) is 11.6 Å². The largest absolute Gasteiger partial charge is 0.453 e. The van der Waals surface area contributed by atoms with Crippen LogP contribution in [-0.2, 0) is 0 Å². The van der Waals surface area contributed by atoms with Crippen LogP contribution in [0.2, 0.25) is 0 Å². The van der Waals surface area contributed by atoms with Gasteiger partial charge in [-0.15, -0.1) is 0 Å². The lowest BCUT2D eigenvalue weighted by Crippen LogP contribution is -1.79. The third-order valence-corrected chi connectivity index (χ3v) is 2.74. The van der Waals surface area contributed by atoms with E-state index in [4.69, 9.17) is 14.7 Å². The molecule has 16 heavy (non-hydrogen) atoms. The first-order valence-electron chi connectivity index (χ1n) is 4.64. The second-order valence-electron chi connectivity index (χ2n) is 3.41. The average molecular weight is 279 g/mol. The number of anilines is 1. The summed E-state index contributed by atoms with van der Waals surface area (Å²) in [6.45, 7) is 0. The van der Waals surface area contributed by atoms with Crippen LogP contribution < -0.4 is 5.73 Å². The summed E-state index contributed by atoms with van der Waals surface area (Å²) in [7, 11) is 0. The van der Waals surface area contributed by atoms with Gasteiger partial charge >= 0.3 is 0 Å². The lowest BCUT2D eigenvalue weighted by atomic mass is 10.2. The number of benzene rings is 1. The Morgan fingerprint density at radius 1 is 1.12 bits per heavy atom. The van der Waals surface area contributed by atoms with Gasteiger partial charge in [-0.3, -0.25) is 0 Å². The van der Waals surface area contributed by atoms with Crippen molar-refractivity contribution in [2.45, 2.75) is 0 Å². The van der Waals surface area contributed by atoms with Gasteiger partial charge < -0.3 is 14.7 Å². The molecule has 4 nitrogen and oxygen atoms in total. The minimum atomic E-state index is 0.344. The number of fused-ring (bicyclic) bond motifs is 1. The van der Waals surface area contributed by atoms with Crippen molar-refractivity contribution >= 4 is 32.7 Å². The van der Waals surface area contributed by atoms with Crippen molar-refractivity contribution in [1.82, 2.24) is 5.16 Å². The van der Waals surface area contributed by atoms with E-state index in [2.05, 4.69) is 21.1 Å². The summed E-state index contributed by atoms with van der Waals surface area (Å²) in [5.41, 5.74) is 6.28. The van der Waals surface area contributed by atoms with Crippen molar-refractivity contribution in [2.75, 3.05) is 5.73 Å². The van der Waals surface area contributed by atoms with E-state index < -0.39 is 0 Å². The predicted octanol–water partition coefficient (Wildman–Crippen LogP) is 3.43. The van der Waals surface area contributed by atoms with Crippen LogP contribution >= 0.6 is 15.9 Å². The average Bonchev–Trinajstić information content (AvgIpc) is 2.83. The van der Waals surface area contributed by atoms with Gasteiger partial charge in [-0.05, 0) is 24.3 Å². The number of nitrogen functional groups attached to an aromatic ring is 1. The Morgan fingerprint density at radius 2 is 2.00 bits per heavy atom. The zero-order chi connectivity index (χ0) is 11.1. The molecule has 3 rings (SSSR count). The van der Waals surface area contributed by atoms with E-state index in [1.54, 1.807) is 6.07 Å². The molecule has 0 atom stereocenters. The lowest BCUT2D eigenvalue weighted by molar-refractivity contribution is 0.424. The molecule has 0 saturated heterocycles. The maximum Gasteiger partial charge on any atom is 0.204 e. The van der Waals surface area contributed by atoms with Crippen LogP contribution in [0, 0.1) is 0 Å². The van der Waals surface area contributed by atoms with Crippen LogP contribution in [0.3, 0.4) is 0 Å². The SMILES string of the molecule is Nc1cc(-c2cc3cc(Br)ccc3o2)on1. The number of hydrogen-bond donors (Lipinski definition) is 1. The van der Waals surface area contributed by atoms with Crippen molar-refractivity contribution in [3.8, 4) is 11.5 Å². The van der Waals surface area contributed by atoms with E-state index >= 15 is 0 Å². The molecule has 80 valence electrons. The Balaban J connectivity index is 2.18. The summed E-state index contributed by atoms with van der Waals surface area (Å²) in [4.78, 5) is 0. The van der Waals surface area contributed by atoms with Gasteiger partial charge in [0, 0.05) is 15.9 Å². The van der Waals surface area contributed by atoms with E-state index in [1.807, 2.05) is 24.3 Å². The number of rotatable bonds is 1. The molecule has 5 heteroatoms. The molecule has 0 saturated carbocycles. The van der Waals surface area contributed by atoms with Crippen LogP contribution in [0.1, 0.15) is 0 Å². The Morgan fingerprint density at radius 3 is 2.75 bits per heavy atom. The molecule has 0 aliphatic heterocycles. The molecule has 0 amide bonds. The fourth-order valence-corrected chi connectivity index (χ4v) is 1.92. The van der Waals surface area contributed by atoms with E-state index in [-0.39, 0.29) is 0 Å². The molecule has 0 aliphatic rings. The van der Waals surface area contributed by atoms with Gasteiger partial charge in [-0.25, -0.2) is 0 Å². The zero-order valence-electron chi connectivity index (χ0n) is 8.11. The van der Waals surface area contributed by atoms with Crippen LogP contribution in [-0.4, -0.2) is 5.16 Å². The summed E-state index contributed by atoms with van der Waals surface area (Å²) in [6, 6.07) is 9.31. The minimum absolute atomic E-state index is 0.344. The van der Waals surface area contributed by atoms with E-state index in [0.29, 0.717) is 17.3 Å². The molecular weight excluding hydrogens is 272 g/mol. The molecule has 2 aromatic heterocycles. The number of nitrogens with two attached hydrogens (primary N) is 1. The van der Waals surface area contributed by atoms with Crippen LogP contribution in [0.4, 0.5) is 5.82 Å². The first kappa shape index (κ1) is 9.47. The molecular formula is C11H7BrN2O2. The summed E-state index contributed by atoms with van der Waals surface area (Å²) in [5.74, 6) is 1.50. The molecule has 0 unspecified atom stereocenters. The maximum atomic E-state index is 5.61. The van der Waals surface area contributed by atoms with Gasteiger partial charge in [-0.2, -0.15) is 0 Å². The van der Waals surface area contributed by atoms with Crippen LogP contribution in [0.15, 0.2) is 43.7 Å². The Labute approximate surface area is 99.1 Å². The normalized spacial score (nSPS) is 11.1. The quantitative estimate of drug-likeness (QED) is 0.741. The van der Waals surface area contributed by atoms with Gasteiger partial charge in [-0.1, -0.05) is 21.1 Å². The highest BCUT2D eigenvalue weighted by Gasteiger charge is 2.10. The molecule has 0 fully saturated rings. The topological polar surface area (TPSA) is 65.2 Å². The smallest absolute Gasteiger partial charge is 0.204 e.